The maximum absolute atomic E-state index is 6.27. The van der Waals surface area contributed by atoms with Crippen molar-refractivity contribution in [3.63, 3.8) is 0 Å². The molecule has 28 heavy (non-hydrogen) atoms. The van der Waals surface area contributed by atoms with Crippen LogP contribution in [-0.2, 0) is 12.8 Å². The minimum absolute atomic E-state index is 0.391. The second kappa shape index (κ2) is 8.28. The second-order valence-electron chi connectivity index (χ2n) is 9.13. The number of hydrogen-bond acceptors (Lipinski definition) is 4. The highest BCUT2D eigenvalue weighted by Gasteiger charge is 2.21. The molecule has 1 atom stereocenters. The van der Waals surface area contributed by atoms with Crippen molar-refractivity contribution in [1.29, 1.82) is 0 Å². The van der Waals surface area contributed by atoms with Crippen LogP contribution in [-0.4, -0.2) is 42.2 Å². The van der Waals surface area contributed by atoms with Gasteiger partial charge in [-0.15, -0.1) is 0 Å². The zero-order valence-corrected chi connectivity index (χ0v) is 18.0. The molecule has 0 bridgehead atoms. The number of fused-ring (bicyclic) bond motifs is 3. The summed E-state index contributed by atoms with van der Waals surface area (Å²) in [6.07, 6.45) is 6.22. The lowest BCUT2D eigenvalue weighted by Gasteiger charge is -2.21. The minimum Gasteiger partial charge on any atom is -0.493 e. The van der Waals surface area contributed by atoms with Crippen LogP contribution in [0.1, 0.15) is 56.7 Å². The molecule has 0 radical (unpaired) electrons. The molecule has 0 saturated carbocycles. The minimum atomic E-state index is 0.391. The van der Waals surface area contributed by atoms with E-state index < -0.39 is 0 Å². The van der Waals surface area contributed by atoms with Crippen molar-refractivity contribution in [3.05, 3.63) is 28.8 Å². The normalized spacial score (nSPS) is 18.0. The SMILES string of the molecule is Cc1cc2c3c(c(NC(C)C)nc2cc1OCC(C)CN1CCCC1)CCC3. The first-order valence-electron chi connectivity index (χ1n) is 11.1. The fourth-order valence-corrected chi connectivity index (χ4v) is 4.74. The van der Waals surface area contributed by atoms with Gasteiger partial charge >= 0.3 is 0 Å². The van der Waals surface area contributed by atoms with Crippen molar-refractivity contribution in [2.75, 3.05) is 31.6 Å². The lowest BCUT2D eigenvalue weighted by Crippen LogP contribution is -2.28. The van der Waals surface area contributed by atoms with Gasteiger partial charge < -0.3 is 15.0 Å². The number of likely N-dealkylation sites (tertiary alicyclic amines) is 1. The predicted molar refractivity (Wildman–Crippen MR) is 118 cm³/mol. The lowest BCUT2D eigenvalue weighted by atomic mass is 10.0. The largest absolute Gasteiger partial charge is 0.493 e. The predicted octanol–water partition coefficient (Wildman–Crippen LogP) is 4.96. The van der Waals surface area contributed by atoms with Gasteiger partial charge in [-0.1, -0.05) is 6.92 Å². The first kappa shape index (κ1) is 19.5. The smallest absolute Gasteiger partial charge is 0.130 e. The molecule has 2 heterocycles. The summed E-state index contributed by atoms with van der Waals surface area (Å²) in [7, 11) is 0. The summed E-state index contributed by atoms with van der Waals surface area (Å²) in [5, 5.41) is 4.88. The molecule has 2 aliphatic rings. The highest BCUT2D eigenvalue weighted by molar-refractivity contribution is 5.88. The summed E-state index contributed by atoms with van der Waals surface area (Å²) in [5.74, 6) is 2.60. The van der Waals surface area contributed by atoms with E-state index in [4.69, 9.17) is 9.72 Å². The Morgan fingerprint density at radius 3 is 2.57 bits per heavy atom. The molecule has 4 nitrogen and oxygen atoms in total. The summed E-state index contributed by atoms with van der Waals surface area (Å²) in [6.45, 7) is 13.2. The second-order valence-corrected chi connectivity index (χ2v) is 9.13. The monoisotopic (exact) mass is 381 g/mol. The number of ether oxygens (including phenoxy) is 1. The molecule has 1 fully saturated rings. The molecule has 1 aliphatic heterocycles. The van der Waals surface area contributed by atoms with E-state index in [1.54, 1.807) is 0 Å². The molecule has 4 rings (SSSR count). The fraction of sp³-hybridized carbons (Fsp3) is 0.625. The molecule has 1 unspecified atom stereocenters. The Labute approximate surface area is 169 Å². The van der Waals surface area contributed by atoms with Gasteiger partial charge in [0, 0.05) is 30.0 Å². The number of rotatable bonds is 7. The van der Waals surface area contributed by atoms with Crippen molar-refractivity contribution in [2.24, 2.45) is 5.92 Å². The van der Waals surface area contributed by atoms with E-state index in [2.05, 4.69) is 50.0 Å². The molecule has 1 aromatic carbocycles. The van der Waals surface area contributed by atoms with E-state index in [9.17, 15) is 0 Å². The molecule has 152 valence electrons. The van der Waals surface area contributed by atoms with Crippen molar-refractivity contribution in [1.82, 2.24) is 9.88 Å². The summed E-state index contributed by atoms with van der Waals surface area (Å²) >= 11 is 0. The van der Waals surface area contributed by atoms with Crippen LogP contribution in [0.2, 0.25) is 0 Å². The number of benzene rings is 1. The topological polar surface area (TPSA) is 37.4 Å². The van der Waals surface area contributed by atoms with E-state index in [0.717, 1.165) is 43.1 Å². The molecule has 4 heteroatoms. The van der Waals surface area contributed by atoms with Gasteiger partial charge in [0.1, 0.15) is 11.6 Å². The summed E-state index contributed by atoms with van der Waals surface area (Å²) < 4.78 is 6.27. The maximum Gasteiger partial charge on any atom is 0.130 e. The van der Waals surface area contributed by atoms with Crippen LogP contribution in [0.5, 0.6) is 5.75 Å². The van der Waals surface area contributed by atoms with Crippen LogP contribution < -0.4 is 10.1 Å². The Kier molecular flexibility index (Phi) is 5.77. The van der Waals surface area contributed by atoms with Gasteiger partial charge in [0.05, 0.1) is 12.1 Å². The van der Waals surface area contributed by atoms with Gasteiger partial charge in [-0.2, -0.15) is 0 Å². The average Bonchev–Trinajstić information content (AvgIpc) is 3.32. The third-order valence-corrected chi connectivity index (χ3v) is 6.07. The zero-order valence-electron chi connectivity index (χ0n) is 18.0. The van der Waals surface area contributed by atoms with Crippen molar-refractivity contribution >= 4 is 16.7 Å². The highest BCUT2D eigenvalue weighted by atomic mass is 16.5. The van der Waals surface area contributed by atoms with Gasteiger partial charge in [-0.3, -0.25) is 0 Å². The quantitative estimate of drug-likeness (QED) is 0.735. The van der Waals surface area contributed by atoms with Crippen LogP contribution in [0, 0.1) is 12.8 Å². The van der Waals surface area contributed by atoms with Crippen LogP contribution >= 0.6 is 0 Å². The van der Waals surface area contributed by atoms with Gasteiger partial charge in [-0.05, 0) is 88.7 Å². The van der Waals surface area contributed by atoms with Crippen LogP contribution in [0.25, 0.3) is 10.9 Å². The number of nitrogens with zero attached hydrogens (tertiary/aromatic N) is 2. The van der Waals surface area contributed by atoms with Crippen molar-refractivity contribution in [2.45, 2.75) is 65.8 Å². The Morgan fingerprint density at radius 1 is 1.07 bits per heavy atom. The zero-order chi connectivity index (χ0) is 19.7. The summed E-state index contributed by atoms with van der Waals surface area (Å²) in [5.41, 5.74) is 5.21. The van der Waals surface area contributed by atoms with Gasteiger partial charge in [0.25, 0.3) is 0 Å². The fourth-order valence-electron chi connectivity index (χ4n) is 4.74. The number of nitrogens with one attached hydrogen (secondary N) is 1. The first-order chi connectivity index (χ1) is 13.5. The third-order valence-electron chi connectivity index (χ3n) is 6.07. The van der Waals surface area contributed by atoms with E-state index in [0.29, 0.717) is 12.0 Å². The molecule has 1 N–H and O–H groups in total. The van der Waals surface area contributed by atoms with E-state index in [-0.39, 0.29) is 0 Å². The molecular formula is C24H35N3O. The van der Waals surface area contributed by atoms with Crippen LogP contribution in [0.4, 0.5) is 5.82 Å². The van der Waals surface area contributed by atoms with Crippen molar-refractivity contribution in [3.8, 4) is 5.75 Å². The molecule has 1 aliphatic carbocycles. The highest BCUT2D eigenvalue weighted by Crippen LogP contribution is 2.36. The maximum atomic E-state index is 6.27. The lowest BCUT2D eigenvalue weighted by molar-refractivity contribution is 0.205. The molecular weight excluding hydrogens is 346 g/mol. The number of pyridine rings is 1. The number of anilines is 1. The molecule has 1 aromatic heterocycles. The van der Waals surface area contributed by atoms with Crippen LogP contribution in [0.15, 0.2) is 12.1 Å². The van der Waals surface area contributed by atoms with E-state index >= 15 is 0 Å². The van der Waals surface area contributed by atoms with Gasteiger partial charge in [-0.25, -0.2) is 4.98 Å². The Morgan fingerprint density at radius 2 is 1.82 bits per heavy atom. The average molecular weight is 382 g/mol. The summed E-state index contributed by atoms with van der Waals surface area (Å²) in [4.78, 5) is 7.57. The number of aromatic nitrogens is 1. The van der Waals surface area contributed by atoms with Gasteiger partial charge in [0.2, 0.25) is 0 Å². The Hall–Kier alpha value is -1.81. The van der Waals surface area contributed by atoms with Gasteiger partial charge in [0.15, 0.2) is 0 Å². The summed E-state index contributed by atoms with van der Waals surface area (Å²) in [6, 6.07) is 4.85. The van der Waals surface area contributed by atoms with E-state index in [1.807, 2.05) is 0 Å². The van der Waals surface area contributed by atoms with Crippen molar-refractivity contribution < 1.29 is 4.74 Å². The standard InChI is InChI=1S/C24H35N3O/c1-16(2)25-24-20-9-7-8-19(20)21-12-18(4)23(13-22(21)26-24)28-15-17(3)14-27-10-5-6-11-27/h12-13,16-17H,5-11,14-15H2,1-4H3,(H,25,26). The molecule has 1 saturated heterocycles. The molecule has 2 aromatic rings. The Bertz CT molecular complexity index is 840. The Balaban J connectivity index is 1.55. The molecule has 0 spiro atoms. The first-order valence-corrected chi connectivity index (χ1v) is 11.1. The van der Waals surface area contributed by atoms with Crippen LogP contribution in [0.3, 0.4) is 0 Å². The molecule has 0 amide bonds. The van der Waals surface area contributed by atoms with E-state index in [1.165, 1.54) is 54.4 Å². The third kappa shape index (κ3) is 4.12. The number of aryl methyl sites for hydroxylation is 2. The number of hydrogen-bond donors (Lipinski definition) is 1.